The minimum absolute atomic E-state index is 0.432. The third-order valence-electron chi connectivity index (χ3n) is 3.04. The molecule has 4 heteroatoms. The molecule has 2 rings (SSSR count). The molecule has 1 heterocycles. The average molecular weight is 247 g/mol. The van der Waals surface area contributed by atoms with Crippen LogP contribution in [0.2, 0.25) is 0 Å². The molecule has 0 aliphatic carbocycles. The Bertz CT molecular complexity index is 482. The fraction of sp³-hybridized carbons (Fsp3) is 0.429. The Morgan fingerprint density at radius 3 is 2.89 bits per heavy atom. The highest BCUT2D eigenvalue weighted by atomic mass is 16.5. The summed E-state index contributed by atoms with van der Waals surface area (Å²) in [5.74, 6) is 0.0494. The van der Waals surface area contributed by atoms with Crippen LogP contribution in [-0.4, -0.2) is 30.2 Å². The van der Waals surface area contributed by atoms with Crippen molar-refractivity contribution in [3.8, 4) is 5.75 Å². The molecular formula is C14H17NO3. The predicted molar refractivity (Wildman–Crippen MR) is 67.4 cm³/mol. The smallest absolute Gasteiger partial charge is 0.289 e. The Kier molecular flexibility index (Phi) is 3.65. The Balaban J connectivity index is 2.10. The van der Waals surface area contributed by atoms with Gasteiger partial charge in [-0.3, -0.25) is 9.59 Å². The van der Waals surface area contributed by atoms with Crippen LogP contribution in [0.5, 0.6) is 5.75 Å². The first-order chi connectivity index (χ1) is 8.58. The van der Waals surface area contributed by atoms with Crippen LogP contribution >= 0.6 is 0 Å². The monoisotopic (exact) mass is 247 g/mol. The van der Waals surface area contributed by atoms with E-state index in [0.29, 0.717) is 6.54 Å². The summed E-state index contributed by atoms with van der Waals surface area (Å²) in [7, 11) is 1.64. The zero-order chi connectivity index (χ0) is 13.1. The van der Waals surface area contributed by atoms with Gasteiger partial charge in [-0.05, 0) is 30.0 Å². The highest BCUT2D eigenvalue weighted by Crippen LogP contribution is 2.25. The van der Waals surface area contributed by atoms with Crippen molar-refractivity contribution < 1.29 is 14.3 Å². The van der Waals surface area contributed by atoms with Gasteiger partial charge in [0.1, 0.15) is 5.75 Å². The third-order valence-corrected chi connectivity index (χ3v) is 3.04. The van der Waals surface area contributed by atoms with E-state index >= 15 is 0 Å². The van der Waals surface area contributed by atoms with Gasteiger partial charge < -0.3 is 9.64 Å². The number of likely N-dealkylation sites (N-methyl/N-ethyl adjacent to an activating group) is 1. The van der Waals surface area contributed by atoms with Crippen molar-refractivity contribution in [2.45, 2.75) is 26.3 Å². The second kappa shape index (κ2) is 5.21. The Hall–Kier alpha value is -1.84. The van der Waals surface area contributed by atoms with Crippen LogP contribution in [0.15, 0.2) is 18.2 Å². The van der Waals surface area contributed by atoms with Crippen LogP contribution in [0.25, 0.3) is 0 Å². The molecule has 0 saturated heterocycles. The molecule has 1 amide bonds. The second-order valence-electron chi connectivity index (χ2n) is 4.61. The number of carbonyl (C=O) groups excluding carboxylic acids is 2. The summed E-state index contributed by atoms with van der Waals surface area (Å²) in [5.41, 5.74) is 2.21. The number of ether oxygens (including phenoxy) is 1. The minimum atomic E-state index is -0.455. The van der Waals surface area contributed by atoms with Crippen molar-refractivity contribution in [3.63, 3.8) is 0 Å². The van der Waals surface area contributed by atoms with E-state index in [2.05, 4.69) is 6.07 Å². The molecular weight excluding hydrogens is 230 g/mol. The normalized spacial score (nSPS) is 13.4. The number of rotatable bonds is 3. The maximum atomic E-state index is 11.5. The molecule has 1 aromatic rings. The first-order valence-electron chi connectivity index (χ1n) is 6.08. The van der Waals surface area contributed by atoms with Gasteiger partial charge in [0.15, 0.2) is 0 Å². The summed E-state index contributed by atoms with van der Waals surface area (Å²) in [6.45, 7) is 2.51. The molecule has 0 fully saturated rings. The van der Waals surface area contributed by atoms with Crippen molar-refractivity contribution in [1.29, 1.82) is 0 Å². The Morgan fingerprint density at radius 2 is 2.17 bits per heavy atom. The molecule has 0 N–H and O–H groups in total. The molecule has 0 saturated carbocycles. The summed E-state index contributed by atoms with van der Waals surface area (Å²) in [4.78, 5) is 23.9. The summed E-state index contributed by atoms with van der Waals surface area (Å²) in [6.07, 6.45) is 2.03. The molecule has 0 radical (unpaired) electrons. The first kappa shape index (κ1) is 12.6. The molecule has 0 atom stereocenters. The SMILES string of the molecule is CC(=O)C(=O)N(C)Cc1ccc2c(c1)CCCO2. The number of hydrogen-bond donors (Lipinski definition) is 0. The van der Waals surface area contributed by atoms with Gasteiger partial charge in [-0.25, -0.2) is 0 Å². The van der Waals surface area contributed by atoms with Crippen LogP contribution in [0.3, 0.4) is 0 Å². The fourth-order valence-electron chi connectivity index (χ4n) is 2.13. The van der Waals surface area contributed by atoms with Crippen LogP contribution in [-0.2, 0) is 22.6 Å². The van der Waals surface area contributed by atoms with E-state index in [4.69, 9.17) is 4.74 Å². The van der Waals surface area contributed by atoms with Gasteiger partial charge in [-0.15, -0.1) is 0 Å². The molecule has 4 nitrogen and oxygen atoms in total. The van der Waals surface area contributed by atoms with Crippen LogP contribution in [0.1, 0.15) is 24.5 Å². The molecule has 96 valence electrons. The van der Waals surface area contributed by atoms with Gasteiger partial charge in [-0.1, -0.05) is 12.1 Å². The summed E-state index contributed by atoms with van der Waals surface area (Å²) < 4.78 is 5.53. The van der Waals surface area contributed by atoms with E-state index in [0.717, 1.165) is 30.8 Å². The maximum Gasteiger partial charge on any atom is 0.289 e. The van der Waals surface area contributed by atoms with E-state index in [9.17, 15) is 9.59 Å². The van der Waals surface area contributed by atoms with Gasteiger partial charge >= 0.3 is 0 Å². The van der Waals surface area contributed by atoms with Gasteiger partial charge in [0, 0.05) is 20.5 Å². The van der Waals surface area contributed by atoms with E-state index in [1.807, 2.05) is 12.1 Å². The molecule has 1 aromatic carbocycles. The number of nitrogens with zero attached hydrogens (tertiary/aromatic N) is 1. The highest BCUT2D eigenvalue weighted by molar-refractivity contribution is 6.34. The Labute approximate surface area is 107 Å². The van der Waals surface area contributed by atoms with Gasteiger partial charge in [0.05, 0.1) is 6.61 Å². The number of aryl methyl sites for hydroxylation is 1. The first-order valence-corrected chi connectivity index (χ1v) is 6.08. The zero-order valence-electron chi connectivity index (χ0n) is 10.7. The van der Waals surface area contributed by atoms with E-state index in [1.54, 1.807) is 7.05 Å². The topological polar surface area (TPSA) is 46.6 Å². The van der Waals surface area contributed by atoms with Gasteiger partial charge in [0.2, 0.25) is 5.78 Å². The molecule has 1 aliphatic rings. The molecule has 1 aliphatic heterocycles. The summed E-state index contributed by atoms with van der Waals surface area (Å²) >= 11 is 0. The lowest BCUT2D eigenvalue weighted by Crippen LogP contribution is -2.31. The largest absolute Gasteiger partial charge is 0.493 e. The second-order valence-corrected chi connectivity index (χ2v) is 4.61. The number of amides is 1. The van der Waals surface area contributed by atoms with E-state index in [1.165, 1.54) is 17.4 Å². The van der Waals surface area contributed by atoms with E-state index < -0.39 is 11.7 Å². The van der Waals surface area contributed by atoms with E-state index in [-0.39, 0.29) is 0 Å². The van der Waals surface area contributed by atoms with Crippen LogP contribution in [0, 0.1) is 0 Å². The van der Waals surface area contributed by atoms with Crippen molar-refractivity contribution in [3.05, 3.63) is 29.3 Å². The van der Waals surface area contributed by atoms with Crippen molar-refractivity contribution >= 4 is 11.7 Å². The third kappa shape index (κ3) is 2.70. The lowest BCUT2D eigenvalue weighted by atomic mass is 10.0. The van der Waals surface area contributed by atoms with Gasteiger partial charge in [-0.2, -0.15) is 0 Å². The fourth-order valence-corrected chi connectivity index (χ4v) is 2.13. The number of hydrogen-bond acceptors (Lipinski definition) is 3. The molecule has 0 unspecified atom stereocenters. The van der Waals surface area contributed by atoms with Crippen LogP contribution < -0.4 is 4.74 Å². The number of ketones is 1. The number of fused-ring (bicyclic) bond motifs is 1. The molecule has 0 bridgehead atoms. The van der Waals surface area contributed by atoms with Gasteiger partial charge in [0.25, 0.3) is 5.91 Å². The van der Waals surface area contributed by atoms with Crippen molar-refractivity contribution in [1.82, 2.24) is 4.90 Å². The highest BCUT2D eigenvalue weighted by Gasteiger charge is 2.15. The number of benzene rings is 1. The predicted octanol–water partition coefficient (Wildman–Crippen LogP) is 1.56. The van der Waals surface area contributed by atoms with Crippen LogP contribution in [0.4, 0.5) is 0 Å². The molecule has 18 heavy (non-hydrogen) atoms. The standard InChI is InChI=1S/C14H17NO3/c1-10(16)14(17)15(2)9-11-5-6-13-12(8-11)4-3-7-18-13/h5-6,8H,3-4,7,9H2,1-2H3. The minimum Gasteiger partial charge on any atom is -0.493 e. The summed E-state index contributed by atoms with van der Waals surface area (Å²) in [5, 5.41) is 0. The molecule has 0 spiro atoms. The van der Waals surface area contributed by atoms with Crippen molar-refractivity contribution in [2.24, 2.45) is 0 Å². The van der Waals surface area contributed by atoms with Crippen molar-refractivity contribution in [2.75, 3.05) is 13.7 Å². The zero-order valence-corrected chi connectivity index (χ0v) is 10.7. The quantitative estimate of drug-likeness (QED) is 0.761. The lowest BCUT2D eigenvalue weighted by Gasteiger charge is -2.20. The molecule has 0 aromatic heterocycles. The lowest BCUT2D eigenvalue weighted by molar-refractivity contribution is -0.143. The Morgan fingerprint density at radius 1 is 1.39 bits per heavy atom. The average Bonchev–Trinajstić information content (AvgIpc) is 2.37. The number of carbonyl (C=O) groups is 2. The number of Topliss-reactive ketones (excluding diaryl/α,β-unsaturated/α-hetero) is 1. The summed E-state index contributed by atoms with van der Waals surface area (Å²) in [6, 6.07) is 5.93. The maximum absolute atomic E-state index is 11.5.